The predicted molar refractivity (Wildman–Crippen MR) is 95.4 cm³/mol. The van der Waals surface area contributed by atoms with E-state index in [0.717, 1.165) is 0 Å². The van der Waals surface area contributed by atoms with Gasteiger partial charge in [-0.25, -0.2) is 9.37 Å². The van der Waals surface area contributed by atoms with Gasteiger partial charge >= 0.3 is 0 Å². The maximum atomic E-state index is 13.5. The molecule has 3 heterocycles. The van der Waals surface area contributed by atoms with Crippen LogP contribution in [0.15, 0.2) is 30.6 Å². The fourth-order valence-electron chi connectivity index (χ4n) is 2.90. The van der Waals surface area contributed by atoms with Gasteiger partial charge in [0, 0.05) is 37.6 Å². The van der Waals surface area contributed by atoms with Crippen LogP contribution in [0.4, 0.5) is 15.8 Å². The molecule has 8 nitrogen and oxygen atoms in total. The van der Waals surface area contributed by atoms with Crippen molar-refractivity contribution in [1.82, 2.24) is 15.3 Å². The summed E-state index contributed by atoms with van der Waals surface area (Å²) in [5, 5.41) is 15.6. The van der Waals surface area contributed by atoms with E-state index in [2.05, 4.69) is 20.6 Å². The molecule has 2 aromatic heterocycles. The standard InChI is InChI=1S/C18H15FN4O4/c1-20-18(25)10-7-22-15(11-3-8(19)6-21-11)17-14(10)23-16-12(26-2)4-9(24)5-13(16)27-17/h3-7,21,23-24H,1-2H3,(H,20,25). The van der Waals surface area contributed by atoms with E-state index in [1.807, 2.05) is 0 Å². The zero-order chi connectivity index (χ0) is 19.1. The number of methoxy groups -OCH3 is 1. The third-order valence-corrected chi connectivity index (χ3v) is 4.14. The summed E-state index contributed by atoms with van der Waals surface area (Å²) < 4.78 is 24.7. The molecule has 1 aromatic carbocycles. The number of ether oxygens (including phenoxy) is 2. The molecule has 0 saturated heterocycles. The van der Waals surface area contributed by atoms with Crippen LogP contribution < -0.4 is 20.1 Å². The van der Waals surface area contributed by atoms with Gasteiger partial charge in [0.2, 0.25) is 0 Å². The van der Waals surface area contributed by atoms with E-state index in [0.29, 0.717) is 28.5 Å². The molecule has 9 heteroatoms. The first kappa shape index (κ1) is 16.7. The fraction of sp³-hybridized carbons (Fsp3) is 0.111. The van der Waals surface area contributed by atoms with Gasteiger partial charge in [-0.05, 0) is 0 Å². The van der Waals surface area contributed by atoms with E-state index in [9.17, 15) is 14.3 Å². The van der Waals surface area contributed by atoms with Gasteiger partial charge in [0.25, 0.3) is 5.91 Å². The normalized spacial score (nSPS) is 11.7. The van der Waals surface area contributed by atoms with E-state index in [4.69, 9.17) is 9.47 Å². The summed E-state index contributed by atoms with van der Waals surface area (Å²) in [5.74, 6) is -0.0530. The number of hydrogen-bond donors (Lipinski definition) is 4. The summed E-state index contributed by atoms with van der Waals surface area (Å²) >= 11 is 0. The van der Waals surface area contributed by atoms with Gasteiger partial charge in [-0.15, -0.1) is 0 Å². The van der Waals surface area contributed by atoms with E-state index in [1.54, 1.807) is 0 Å². The molecule has 138 valence electrons. The van der Waals surface area contributed by atoms with Crippen molar-refractivity contribution >= 4 is 17.3 Å². The van der Waals surface area contributed by atoms with Crippen LogP contribution in [-0.2, 0) is 0 Å². The van der Waals surface area contributed by atoms with Gasteiger partial charge in [0.05, 0.1) is 24.1 Å². The minimum atomic E-state index is -0.459. The first-order chi connectivity index (χ1) is 13.0. The number of nitrogens with one attached hydrogen (secondary N) is 3. The number of H-pyrrole nitrogens is 1. The number of aromatic nitrogens is 2. The van der Waals surface area contributed by atoms with Crippen LogP contribution >= 0.6 is 0 Å². The van der Waals surface area contributed by atoms with Crippen LogP contribution in [0, 0.1) is 5.82 Å². The number of fused-ring (bicyclic) bond motifs is 2. The van der Waals surface area contributed by atoms with Gasteiger partial charge in [-0.3, -0.25) is 4.79 Å². The summed E-state index contributed by atoms with van der Waals surface area (Å²) in [7, 11) is 2.95. The van der Waals surface area contributed by atoms with Gasteiger partial charge < -0.3 is 30.2 Å². The first-order valence-electron chi connectivity index (χ1n) is 7.97. The summed E-state index contributed by atoms with van der Waals surface area (Å²) in [6.45, 7) is 0. The molecular formula is C18H15FN4O4. The van der Waals surface area contributed by atoms with E-state index in [1.165, 1.54) is 44.8 Å². The minimum absolute atomic E-state index is 0.0567. The number of carbonyl (C=O) groups is 1. The number of phenols is 1. The van der Waals surface area contributed by atoms with Gasteiger partial charge in [-0.2, -0.15) is 0 Å². The zero-order valence-electron chi connectivity index (χ0n) is 14.4. The lowest BCUT2D eigenvalue weighted by molar-refractivity contribution is 0.0963. The Morgan fingerprint density at radius 1 is 1.33 bits per heavy atom. The molecule has 0 bridgehead atoms. The molecule has 0 saturated carbocycles. The Bertz CT molecular complexity index is 1060. The molecule has 0 atom stereocenters. The Labute approximate surface area is 153 Å². The Hall–Kier alpha value is -3.75. The average molecular weight is 370 g/mol. The highest BCUT2D eigenvalue weighted by Gasteiger charge is 2.29. The van der Waals surface area contributed by atoms with Crippen LogP contribution in [0.5, 0.6) is 23.0 Å². The van der Waals surface area contributed by atoms with E-state index in [-0.39, 0.29) is 28.7 Å². The highest BCUT2D eigenvalue weighted by Crippen LogP contribution is 2.51. The third-order valence-electron chi connectivity index (χ3n) is 4.14. The lowest BCUT2D eigenvalue weighted by Gasteiger charge is -2.26. The van der Waals surface area contributed by atoms with Crippen molar-refractivity contribution < 1.29 is 23.8 Å². The molecule has 1 aliphatic rings. The molecule has 0 fully saturated rings. The SMILES string of the molecule is CNC(=O)c1cnc(-c2cc(F)c[nH]2)c2c1Nc1c(OC)cc(O)cc1O2. The molecule has 0 radical (unpaired) electrons. The van der Waals surface area contributed by atoms with Crippen molar-refractivity contribution in [2.24, 2.45) is 0 Å². The van der Waals surface area contributed by atoms with Crippen LogP contribution in [-0.4, -0.2) is 35.1 Å². The number of amides is 1. The van der Waals surface area contributed by atoms with Gasteiger partial charge in [-0.1, -0.05) is 0 Å². The molecule has 4 rings (SSSR count). The first-order valence-corrected chi connectivity index (χ1v) is 7.97. The fourth-order valence-corrected chi connectivity index (χ4v) is 2.90. The maximum absolute atomic E-state index is 13.5. The second kappa shape index (κ2) is 6.20. The van der Waals surface area contributed by atoms with Crippen LogP contribution in [0.2, 0.25) is 0 Å². The smallest absolute Gasteiger partial charge is 0.254 e. The minimum Gasteiger partial charge on any atom is -0.508 e. The molecule has 3 aromatic rings. The largest absolute Gasteiger partial charge is 0.508 e. The van der Waals surface area contributed by atoms with E-state index >= 15 is 0 Å². The number of hydrogen-bond acceptors (Lipinski definition) is 6. The Morgan fingerprint density at radius 2 is 2.15 bits per heavy atom. The van der Waals surface area contributed by atoms with Crippen molar-refractivity contribution in [3.05, 3.63) is 42.0 Å². The van der Waals surface area contributed by atoms with Gasteiger partial charge in [0.15, 0.2) is 11.5 Å². The van der Waals surface area contributed by atoms with E-state index < -0.39 is 5.82 Å². The number of pyridine rings is 1. The number of aromatic amines is 1. The molecule has 27 heavy (non-hydrogen) atoms. The Balaban J connectivity index is 1.94. The Morgan fingerprint density at radius 3 is 2.81 bits per heavy atom. The average Bonchev–Trinajstić information content (AvgIpc) is 3.10. The number of benzene rings is 1. The summed E-state index contributed by atoms with van der Waals surface area (Å²) in [6.07, 6.45) is 2.56. The summed E-state index contributed by atoms with van der Waals surface area (Å²) in [6, 6.07) is 4.09. The number of nitrogens with zero attached hydrogens (tertiary/aromatic N) is 1. The lowest BCUT2D eigenvalue weighted by Crippen LogP contribution is -2.21. The number of anilines is 2. The molecule has 0 spiro atoms. The highest BCUT2D eigenvalue weighted by atomic mass is 19.1. The molecule has 4 N–H and O–H groups in total. The second-order valence-corrected chi connectivity index (χ2v) is 5.78. The van der Waals surface area contributed by atoms with Crippen molar-refractivity contribution in [1.29, 1.82) is 0 Å². The molecule has 0 aliphatic carbocycles. The topological polar surface area (TPSA) is 109 Å². The van der Waals surface area contributed by atoms with Gasteiger partial charge in [0.1, 0.15) is 28.7 Å². The zero-order valence-corrected chi connectivity index (χ0v) is 14.4. The quantitative estimate of drug-likeness (QED) is 0.413. The molecule has 1 aliphatic heterocycles. The summed E-state index contributed by atoms with van der Waals surface area (Å²) in [5.41, 5.74) is 1.73. The monoisotopic (exact) mass is 370 g/mol. The third kappa shape index (κ3) is 2.69. The predicted octanol–water partition coefficient (Wildman–Crippen LogP) is 3.14. The number of halogens is 1. The molecule has 0 unspecified atom stereocenters. The van der Waals surface area contributed by atoms with Crippen LogP contribution in [0.1, 0.15) is 10.4 Å². The Kier molecular flexibility index (Phi) is 3.84. The number of aromatic hydroxyl groups is 1. The summed E-state index contributed by atoms with van der Waals surface area (Å²) in [4.78, 5) is 19.3. The molecular weight excluding hydrogens is 355 g/mol. The maximum Gasteiger partial charge on any atom is 0.254 e. The van der Waals surface area contributed by atoms with Crippen molar-refractivity contribution in [3.8, 4) is 34.4 Å². The number of carbonyl (C=O) groups excluding carboxylic acids is 1. The van der Waals surface area contributed by atoms with Crippen molar-refractivity contribution in [2.45, 2.75) is 0 Å². The second-order valence-electron chi connectivity index (χ2n) is 5.78. The van der Waals surface area contributed by atoms with Crippen molar-refractivity contribution in [3.63, 3.8) is 0 Å². The lowest BCUT2D eigenvalue weighted by atomic mass is 10.1. The number of phenolic OH excluding ortho intramolecular Hbond substituents is 1. The molecule has 1 amide bonds. The van der Waals surface area contributed by atoms with Crippen LogP contribution in [0.25, 0.3) is 11.4 Å². The number of rotatable bonds is 3. The van der Waals surface area contributed by atoms with Crippen LogP contribution in [0.3, 0.4) is 0 Å². The van der Waals surface area contributed by atoms with Crippen molar-refractivity contribution in [2.75, 3.05) is 19.5 Å². The highest BCUT2D eigenvalue weighted by molar-refractivity contribution is 6.04.